The molecule has 2 aromatic carbocycles. The maximum absolute atomic E-state index is 8.98. The molecule has 0 heterocycles. The molecule has 0 unspecified atom stereocenters. The number of para-hydroxylation sites is 2. The Labute approximate surface area is 110 Å². The van der Waals surface area contributed by atoms with Crippen molar-refractivity contribution >= 4 is 27.9 Å². The third-order valence-electron chi connectivity index (χ3n) is 1.72. The number of rotatable bonds is 2. The van der Waals surface area contributed by atoms with E-state index < -0.39 is 4.70 Å². The SMILES string of the molecule is O=C(Cl)Cl.c1ccc(Oc2ccccc2)cc1. The number of hydrogen-bond acceptors (Lipinski definition) is 2. The van der Waals surface area contributed by atoms with Gasteiger partial charge in [-0.05, 0) is 47.5 Å². The van der Waals surface area contributed by atoms with Gasteiger partial charge in [0, 0.05) is 0 Å². The first-order chi connectivity index (χ1) is 8.18. The van der Waals surface area contributed by atoms with Crippen molar-refractivity contribution in [2.45, 2.75) is 0 Å². The molecule has 0 fully saturated rings. The zero-order chi connectivity index (χ0) is 12.5. The Kier molecular flexibility index (Phi) is 6.15. The Morgan fingerprint density at radius 1 is 0.765 bits per heavy atom. The summed E-state index contributed by atoms with van der Waals surface area (Å²) >= 11 is 8.80. The van der Waals surface area contributed by atoms with E-state index in [1.165, 1.54) is 0 Å². The summed E-state index contributed by atoms with van der Waals surface area (Å²) in [6.45, 7) is 0. The molecule has 0 N–H and O–H groups in total. The highest BCUT2D eigenvalue weighted by Crippen LogP contribution is 2.19. The molecular formula is C13H10Cl2O2. The average Bonchev–Trinajstić information content (AvgIpc) is 2.31. The number of halogens is 2. The van der Waals surface area contributed by atoms with Gasteiger partial charge >= 0.3 is 4.70 Å². The van der Waals surface area contributed by atoms with Gasteiger partial charge in [0.15, 0.2) is 0 Å². The van der Waals surface area contributed by atoms with Gasteiger partial charge in [-0.1, -0.05) is 36.4 Å². The Morgan fingerprint density at radius 3 is 1.35 bits per heavy atom. The van der Waals surface area contributed by atoms with E-state index >= 15 is 0 Å². The van der Waals surface area contributed by atoms with Crippen LogP contribution in [-0.4, -0.2) is 4.70 Å². The van der Waals surface area contributed by atoms with Crippen molar-refractivity contribution in [1.29, 1.82) is 0 Å². The predicted octanol–water partition coefficient (Wildman–Crippen LogP) is 5.06. The maximum atomic E-state index is 8.98. The first-order valence-corrected chi connectivity index (χ1v) is 5.57. The highest BCUT2D eigenvalue weighted by atomic mass is 35.5. The summed E-state index contributed by atoms with van der Waals surface area (Å²) in [6, 6.07) is 19.5. The van der Waals surface area contributed by atoms with Gasteiger partial charge < -0.3 is 4.74 Å². The molecule has 0 aliphatic carbocycles. The number of ether oxygens (including phenoxy) is 1. The normalized spacial score (nSPS) is 8.82. The molecule has 17 heavy (non-hydrogen) atoms. The fourth-order valence-corrected chi connectivity index (χ4v) is 1.11. The van der Waals surface area contributed by atoms with Crippen molar-refractivity contribution in [3.8, 4) is 11.5 Å². The lowest BCUT2D eigenvalue weighted by atomic mass is 10.3. The van der Waals surface area contributed by atoms with Crippen LogP contribution in [0.4, 0.5) is 4.79 Å². The number of carbonyl (C=O) groups excluding carboxylic acids is 1. The van der Waals surface area contributed by atoms with Crippen LogP contribution in [0.3, 0.4) is 0 Å². The summed E-state index contributed by atoms with van der Waals surface area (Å²) in [5.74, 6) is 1.74. The molecule has 0 bridgehead atoms. The van der Waals surface area contributed by atoms with E-state index in [-0.39, 0.29) is 0 Å². The third-order valence-corrected chi connectivity index (χ3v) is 1.72. The van der Waals surface area contributed by atoms with Crippen LogP contribution in [0, 0.1) is 0 Å². The van der Waals surface area contributed by atoms with E-state index in [1.54, 1.807) is 0 Å². The van der Waals surface area contributed by atoms with Gasteiger partial charge in [0.1, 0.15) is 11.5 Å². The lowest BCUT2D eigenvalue weighted by molar-refractivity contribution is 0.275. The molecule has 0 radical (unpaired) electrons. The van der Waals surface area contributed by atoms with Crippen LogP contribution in [-0.2, 0) is 0 Å². The molecule has 0 aliphatic rings. The van der Waals surface area contributed by atoms with Crippen molar-refractivity contribution in [2.75, 3.05) is 0 Å². The number of carbonyl (C=O) groups is 1. The van der Waals surface area contributed by atoms with Crippen molar-refractivity contribution in [1.82, 2.24) is 0 Å². The zero-order valence-electron chi connectivity index (χ0n) is 8.85. The Bertz CT molecular complexity index is 402. The lowest BCUT2D eigenvalue weighted by Crippen LogP contribution is -1.81. The summed E-state index contributed by atoms with van der Waals surface area (Å²) in [7, 11) is 0. The fourth-order valence-electron chi connectivity index (χ4n) is 1.11. The van der Waals surface area contributed by atoms with Crippen LogP contribution in [0.25, 0.3) is 0 Å². The largest absolute Gasteiger partial charge is 0.457 e. The summed E-state index contributed by atoms with van der Waals surface area (Å²) in [4.78, 5) is 8.98. The second kappa shape index (κ2) is 7.71. The Morgan fingerprint density at radius 2 is 1.06 bits per heavy atom. The monoisotopic (exact) mass is 268 g/mol. The van der Waals surface area contributed by atoms with Gasteiger partial charge in [-0.3, -0.25) is 4.79 Å². The van der Waals surface area contributed by atoms with Crippen LogP contribution in [0.15, 0.2) is 60.7 Å². The minimum absolute atomic E-state index is 0.869. The Hall–Kier alpha value is -1.51. The van der Waals surface area contributed by atoms with Gasteiger partial charge in [0.25, 0.3) is 0 Å². The quantitative estimate of drug-likeness (QED) is 0.712. The molecule has 4 heteroatoms. The van der Waals surface area contributed by atoms with Crippen LogP contribution < -0.4 is 4.74 Å². The van der Waals surface area contributed by atoms with Gasteiger partial charge in [0.05, 0.1) is 0 Å². The minimum Gasteiger partial charge on any atom is -0.457 e. The zero-order valence-corrected chi connectivity index (χ0v) is 10.4. The standard InChI is InChI=1S/C12H10O.CCl2O/c1-3-7-11(8-4-1)13-12-9-5-2-6-10-12;2-1(3)4/h1-10H;. The van der Waals surface area contributed by atoms with Gasteiger partial charge in [-0.15, -0.1) is 0 Å². The summed E-state index contributed by atoms with van der Waals surface area (Å²) in [5.41, 5.74) is 0. The number of benzene rings is 2. The highest BCUT2D eigenvalue weighted by Gasteiger charge is 1.92. The molecule has 88 valence electrons. The maximum Gasteiger partial charge on any atom is 0.313 e. The lowest BCUT2D eigenvalue weighted by Gasteiger charge is -2.03. The van der Waals surface area contributed by atoms with Crippen LogP contribution in [0.1, 0.15) is 0 Å². The molecular weight excluding hydrogens is 259 g/mol. The van der Waals surface area contributed by atoms with Crippen LogP contribution in [0.5, 0.6) is 11.5 Å². The first-order valence-electron chi connectivity index (χ1n) is 4.81. The molecule has 2 nitrogen and oxygen atoms in total. The molecule has 0 saturated heterocycles. The van der Waals surface area contributed by atoms with Crippen molar-refractivity contribution in [2.24, 2.45) is 0 Å². The van der Waals surface area contributed by atoms with E-state index in [0.29, 0.717) is 0 Å². The fraction of sp³-hybridized carbons (Fsp3) is 0. The average molecular weight is 269 g/mol. The first kappa shape index (κ1) is 13.6. The second-order valence-corrected chi connectivity index (χ2v) is 3.83. The van der Waals surface area contributed by atoms with Crippen molar-refractivity contribution in [3.63, 3.8) is 0 Å². The molecule has 0 saturated carbocycles. The van der Waals surface area contributed by atoms with Crippen molar-refractivity contribution < 1.29 is 9.53 Å². The smallest absolute Gasteiger partial charge is 0.313 e. The Balaban J connectivity index is 0.000000317. The highest BCUT2D eigenvalue weighted by molar-refractivity contribution is 6.93. The summed E-state index contributed by atoms with van der Waals surface area (Å²) in [5, 5.41) is 0. The van der Waals surface area contributed by atoms with E-state index in [9.17, 15) is 0 Å². The molecule has 0 spiro atoms. The van der Waals surface area contributed by atoms with Crippen LogP contribution >= 0.6 is 23.2 Å². The van der Waals surface area contributed by atoms with Crippen molar-refractivity contribution in [3.05, 3.63) is 60.7 Å². The van der Waals surface area contributed by atoms with Gasteiger partial charge in [0.2, 0.25) is 0 Å². The summed E-state index contributed by atoms with van der Waals surface area (Å²) < 4.78 is 4.69. The van der Waals surface area contributed by atoms with E-state index in [0.717, 1.165) is 11.5 Å². The topological polar surface area (TPSA) is 26.3 Å². The summed E-state index contributed by atoms with van der Waals surface area (Å²) in [6.07, 6.45) is 0. The molecule has 2 rings (SSSR count). The molecule has 0 aromatic heterocycles. The molecule has 0 aliphatic heterocycles. The molecule has 2 aromatic rings. The molecule has 0 atom stereocenters. The van der Waals surface area contributed by atoms with Crippen LogP contribution in [0.2, 0.25) is 0 Å². The van der Waals surface area contributed by atoms with E-state index in [2.05, 4.69) is 23.2 Å². The third kappa shape index (κ3) is 6.61. The molecule has 0 amide bonds. The van der Waals surface area contributed by atoms with E-state index in [1.807, 2.05) is 60.7 Å². The second-order valence-electron chi connectivity index (χ2n) is 2.95. The number of hydrogen-bond donors (Lipinski definition) is 0. The predicted molar refractivity (Wildman–Crippen MR) is 70.1 cm³/mol. The minimum atomic E-state index is -0.889. The van der Waals surface area contributed by atoms with Gasteiger partial charge in [-0.25, -0.2) is 0 Å². The van der Waals surface area contributed by atoms with Gasteiger partial charge in [-0.2, -0.15) is 0 Å². The van der Waals surface area contributed by atoms with E-state index in [4.69, 9.17) is 9.53 Å².